The second kappa shape index (κ2) is 9.91. The lowest BCUT2D eigenvalue weighted by atomic mass is 9.98. The summed E-state index contributed by atoms with van der Waals surface area (Å²) in [6.07, 6.45) is -1.32. The number of ether oxygens (including phenoxy) is 1. The van der Waals surface area contributed by atoms with Gasteiger partial charge in [0, 0.05) is 19.0 Å². The van der Waals surface area contributed by atoms with E-state index in [4.69, 9.17) is 9.57 Å². The number of hydrogen-bond acceptors (Lipinski definition) is 8. The summed E-state index contributed by atoms with van der Waals surface area (Å²) < 4.78 is 31.1. The normalized spacial score (nSPS) is 19.1. The molecule has 0 radical (unpaired) electrons. The first-order valence-electron chi connectivity index (χ1n) is 12.7. The number of rotatable bonds is 5. The number of imide groups is 1. The molecule has 2 aliphatic heterocycles. The second-order valence-electron chi connectivity index (χ2n) is 9.86. The smallest absolute Gasteiger partial charge is 0.409 e. The van der Waals surface area contributed by atoms with Crippen LogP contribution in [-0.4, -0.2) is 73.0 Å². The summed E-state index contributed by atoms with van der Waals surface area (Å²) in [6, 6.07) is 21.8. The summed E-state index contributed by atoms with van der Waals surface area (Å²) in [6.45, 7) is -0.290. The molecule has 3 amide bonds. The molecule has 3 aromatic rings. The first kappa shape index (κ1) is 25.8. The van der Waals surface area contributed by atoms with Crippen LogP contribution in [0.4, 0.5) is 4.79 Å². The second-order valence-corrected chi connectivity index (χ2v) is 12.3. The van der Waals surface area contributed by atoms with Gasteiger partial charge in [-0.25, -0.2) is 18.0 Å². The summed E-state index contributed by atoms with van der Waals surface area (Å²) in [4.78, 5) is 56.8. The summed E-state index contributed by atoms with van der Waals surface area (Å²) in [5, 5.41) is -0.935. The maximum absolute atomic E-state index is 13.0. The Kier molecular flexibility index (Phi) is 6.38. The van der Waals surface area contributed by atoms with Crippen molar-refractivity contribution in [2.24, 2.45) is 0 Å². The molecule has 1 unspecified atom stereocenters. The van der Waals surface area contributed by atoms with E-state index in [1.54, 1.807) is 12.1 Å². The van der Waals surface area contributed by atoms with E-state index in [2.05, 4.69) is 0 Å². The number of hydroxylamine groups is 2. The zero-order chi connectivity index (χ0) is 28.0. The molecule has 0 aromatic heterocycles. The van der Waals surface area contributed by atoms with Gasteiger partial charge in [0.1, 0.15) is 6.61 Å². The first-order valence-corrected chi connectivity index (χ1v) is 14.5. The number of benzene rings is 3. The van der Waals surface area contributed by atoms with Crippen LogP contribution in [0.1, 0.15) is 44.2 Å². The van der Waals surface area contributed by atoms with E-state index in [-0.39, 0.29) is 42.5 Å². The van der Waals surface area contributed by atoms with Crippen molar-refractivity contribution in [2.75, 3.05) is 25.4 Å². The predicted octanol–water partition coefficient (Wildman–Crippen LogP) is 3.18. The standard InChI is InChI=1S/C29H24N2O8S/c32-26(39-31-27(33)23-11-5-6-12-24(23)28(31)34)15-18-16-30(13-14-40(18,36)37)29(35)38-17-25-21-9-3-1-7-19(21)20-8-2-4-10-22(20)25/h1-12,18,25H,13-17H2. The molecule has 40 heavy (non-hydrogen) atoms. The van der Waals surface area contributed by atoms with Crippen LogP contribution < -0.4 is 0 Å². The van der Waals surface area contributed by atoms with Crippen LogP contribution in [0.15, 0.2) is 72.8 Å². The number of nitrogens with zero attached hydrogens (tertiary/aromatic N) is 2. The molecule has 0 spiro atoms. The molecule has 1 fully saturated rings. The van der Waals surface area contributed by atoms with Crippen LogP contribution >= 0.6 is 0 Å². The molecule has 3 aliphatic rings. The Labute approximate surface area is 230 Å². The highest BCUT2D eigenvalue weighted by molar-refractivity contribution is 7.92. The Hall–Kier alpha value is -4.51. The highest BCUT2D eigenvalue weighted by atomic mass is 32.2. The van der Waals surface area contributed by atoms with Gasteiger partial charge in [0.25, 0.3) is 11.8 Å². The molecule has 10 nitrogen and oxygen atoms in total. The largest absolute Gasteiger partial charge is 0.448 e. The van der Waals surface area contributed by atoms with Crippen molar-refractivity contribution in [1.29, 1.82) is 0 Å². The molecule has 11 heteroatoms. The van der Waals surface area contributed by atoms with Gasteiger partial charge in [-0.05, 0) is 34.4 Å². The van der Waals surface area contributed by atoms with Crippen molar-refractivity contribution in [3.05, 3.63) is 95.1 Å². The van der Waals surface area contributed by atoms with Crippen molar-refractivity contribution in [3.63, 3.8) is 0 Å². The molecule has 1 atom stereocenters. The molecule has 0 bridgehead atoms. The molecule has 1 aliphatic carbocycles. The minimum Gasteiger partial charge on any atom is -0.448 e. The predicted molar refractivity (Wildman–Crippen MR) is 142 cm³/mol. The highest BCUT2D eigenvalue weighted by Crippen LogP contribution is 2.44. The van der Waals surface area contributed by atoms with Crippen molar-refractivity contribution < 1.29 is 37.2 Å². The lowest BCUT2D eigenvalue weighted by molar-refractivity contribution is -0.168. The van der Waals surface area contributed by atoms with Gasteiger partial charge in [-0.2, -0.15) is 0 Å². The minimum absolute atomic E-state index is 0.0720. The van der Waals surface area contributed by atoms with Crippen LogP contribution in [-0.2, 0) is 24.2 Å². The van der Waals surface area contributed by atoms with Crippen LogP contribution in [0.25, 0.3) is 11.1 Å². The van der Waals surface area contributed by atoms with Crippen molar-refractivity contribution in [2.45, 2.75) is 17.6 Å². The third-order valence-corrected chi connectivity index (χ3v) is 9.60. The van der Waals surface area contributed by atoms with E-state index in [9.17, 15) is 27.6 Å². The number of fused-ring (bicyclic) bond motifs is 4. The van der Waals surface area contributed by atoms with Crippen molar-refractivity contribution in [1.82, 2.24) is 9.96 Å². The monoisotopic (exact) mass is 560 g/mol. The van der Waals surface area contributed by atoms with E-state index in [1.165, 1.54) is 17.0 Å². The molecular formula is C29H24N2O8S. The van der Waals surface area contributed by atoms with Gasteiger partial charge >= 0.3 is 12.1 Å². The summed E-state index contributed by atoms with van der Waals surface area (Å²) in [5.74, 6) is -3.20. The van der Waals surface area contributed by atoms with Gasteiger partial charge in [-0.1, -0.05) is 65.7 Å². The summed E-state index contributed by atoms with van der Waals surface area (Å²) in [7, 11) is -3.75. The van der Waals surface area contributed by atoms with Gasteiger partial charge in [0.15, 0.2) is 9.84 Å². The molecule has 0 saturated carbocycles. The highest BCUT2D eigenvalue weighted by Gasteiger charge is 2.42. The van der Waals surface area contributed by atoms with Crippen LogP contribution in [0, 0.1) is 0 Å². The quantitative estimate of drug-likeness (QED) is 0.436. The van der Waals surface area contributed by atoms with Gasteiger partial charge in [0.05, 0.1) is 28.6 Å². The van der Waals surface area contributed by atoms with Crippen LogP contribution in [0.5, 0.6) is 0 Å². The number of amides is 3. The third-order valence-electron chi connectivity index (χ3n) is 7.52. The maximum atomic E-state index is 13.0. The molecule has 6 rings (SSSR count). The molecule has 3 aromatic carbocycles. The van der Waals surface area contributed by atoms with E-state index in [0.29, 0.717) is 5.06 Å². The number of hydrogen-bond donors (Lipinski definition) is 0. The fourth-order valence-corrected chi connectivity index (χ4v) is 7.08. The minimum atomic E-state index is -3.75. The van der Waals surface area contributed by atoms with E-state index in [0.717, 1.165) is 22.3 Å². The fraction of sp³-hybridized carbons (Fsp3) is 0.241. The third kappa shape index (κ3) is 4.41. The van der Waals surface area contributed by atoms with Crippen LogP contribution in [0.2, 0.25) is 0 Å². The average molecular weight is 561 g/mol. The van der Waals surface area contributed by atoms with Gasteiger partial charge < -0.3 is 14.5 Å². The summed E-state index contributed by atoms with van der Waals surface area (Å²) >= 11 is 0. The molecule has 0 N–H and O–H groups in total. The van der Waals surface area contributed by atoms with Gasteiger partial charge in [0.2, 0.25) is 0 Å². The van der Waals surface area contributed by atoms with E-state index >= 15 is 0 Å². The maximum Gasteiger partial charge on any atom is 0.409 e. The lowest BCUT2D eigenvalue weighted by Gasteiger charge is -2.32. The first-order chi connectivity index (χ1) is 19.2. The fourth-order valence-electron chi connectivity index (χ4n) is 5.47. The Bertz CT molecular complexity index is 1590. The number of sulfone groups is 1. The zero-order valence-electron chi connectivity index (χ0n) is 21.2. The Morgan fingerprint density at radius 1 is 0.800 bits per heavy atom. The SMILES string of the molecule is O=C(CC1CN(C(=O)OCC2c3ccccc3-c3ccccc32)CCS1(=O)=O)ON1C(=O)c2ccccc2C1=O. The Morgan fingerprint density at radius 3 is 1.90 bits per heavy atom. The zero-order valence-corrected chi connectivity index (χ0v) is 22.0. The number of carbonyl (C=O) groups is 4. The van der Waals surface area contributed by atoms with Gasteiger partial charge in [-0.15, -0.1) is 0 Å². The van der Waals surface area contributed by atoms with Crippen molar-refractivity contribution >= 4 is 33.7 Å². The summed E-state index contributed by atoms with van der Waals surface area (Å²) in [5.41, 5.74) is 4.44. The van der Waals surface area contributed by atoms with Crippen LogP contribution in [0.3, 0.4) is 0 Å². The molecule has 1 saturated heterocycles. The molecule has 2 heterocycles. The Morgan fingerprint density at radius 2 is 1.32 bits per heavy atom. The molecule has 204 valence electrons. The van der Waals surface area contributed by atoms with Crippen molar-refractivity contribution in [3.8, 4) is 11.1 Å². The average Bonchev–Trinajstić information content (AvgIpc) is 3.40. The van der Waals surface area contributed by atoms with E-state index in [1.807, 2.05) is 48.5 Å². The number of carbonyl (C=O) groups excluding carboxylic acids is 4. The van der Waals surface area contributed by atoms with Gasteiger partial charge in [-0.3, -0.25) is 9.59 Å². The lowest BCUT2D eigenvalue weighted by Crippen LogP contribution is -2.50. The van der Waals surface area contributed by atoms with E-state index < -0.39 is 45.4 Å². The topological polar surface area (TPSA) is 127 Å². The molecular weight excluding hydrogens is 536 g/mol. The Balaban J connectivity index is 1.10.